The van der Waals surface area contributed by atoms with Crippen LogP contribution in [0.4, 0.5) is 0 Å². The first-order valence-electron chi connectivity index (χ1n) is 11.7. The summed E-state index contributed by atoms with van der Waals surface area (Å²) in [5.41, 5.74) is 2.39. The third-order valence-electron chi connectivity index (χ3n) is 6.93. The van der Waals surface area contributed by atoms with Crippen LogP contribution in [0.25, 0.3) is 21.8 Å². The Morgan fingerprint density at radius 3 is 2.41 bits per heavy atom. The highest BCUT2D eigenvalue weighted by Crippen LogP contribution is 2.31. The summed E-state index contributed by atoms with van der Waals surface area (Å²) in [6, 6.07) is 18.0. The van der Waals surface area contributed by atoms with Crippen molar-refractivity contribution in [2.24, 2.45) is 0 Å². The molecule has 1 spiro atoms. The molecule has 8 heteroatoms. The average Bonchev–Trinajstić information content (AvgIpc) is 3.45. The lowest BCUT2D eigenvalue weighted by atomic mass is 10.0. The summed E-state index contributed by atoms with van der Waals surface area (Å²) in [5, 5.41) is 6.16. The van der Waals surface area contributed by atoms with Crippen molar-refractivity contribution in [2.45, 2.75) is 31.7 Å². The van der Waals surface area contributed by atoms with Crippen LogP contribution in [0.3, 0.4) is 0 Å². The van der Waals surface area contributed by atoms with Crippen LogP contribution in [-0.4, -0.2) is 57.2 Å². The quantitative estimate of drug-likeness (QED) is 0.470. The smallest absolute Gasteiger partial charge is 0.291 e. The zero-order valence-corrected chi connectivity index (χ0v) is 18.9. The zero-order valence-electron chi connectivity index (χ0n) is 18.9. The molecule has 2 aliphatic heterocycles. The van der Waals surface area contributed by atoms with Crippen molar-refractivity contribution in [3.05, 3.63) is 76.7 Å². The van der Waals surface area contributed by atoms with E-state index in [1.807, 2.05) is 59.2 Å². The second-order valence-corrected chi connectivity index (χ2v) is 8.95. The van der Waals surface area contributed by atoms with Crippen LogP contribution >= 0.6 is 0 Å². The normalized spacial score (nSPS) is 17.7. The van der Waals surface area contributed by atoms with Gasteiger partial charge in [0.05, 0.1) is 19.4 Å². The van der Waals surface area contributed by atoms with Crippen LogP contribution in [0, 0.1) is 0 Å². The molecule has 0 aliphatic carbocycles. The molecule has 2 saturated heterocycles. The van der Waals surface area contributed by atoms with Crippen molar-refractivity contribution in [1.82, 2.24) is 19.2 Å². The fourth-order valence-electron chi connectivity index (χ4n) is 5.15. The van der Waals surface area contributed by atoms with Crippen LogP contribution < -0.4 is 5.56 Å². The minimum Gasteiger partial charge on any atom is -0.347 e. The van der Waals surface area contributed by atoms with Crippen LogP contribution in [0.15, 0.2) is 65.6 Å². The first-order valence-corrected chi connectivity index (χ1v) is 11.7. The predicted octanol–water partition coefficient (Wildman–Crippen LogP) is 2.77. The number of carbonyl (C=O) groups excluding carboxylic acids is 1. The SMILES string of the molecule is O=C(Cn1ncc2c3ccccc3n(Cc3ccccc3)c2c1=O)N1CCC2(CC1)OCCO2. The highest BCUT2D eigenvalue weighted by atomic mass is 16.7. The molecule has 4 heterocycles. The van der Waals surface area contributed by atoms with Gasteiger partial charge in [0.15, 0.2) is 5.79 Å². The van der Waals surface area contributed by atoms with E-state index in [9.17, 15) is 9.59 Å². The van der Waals surface area contributed by atoms with Gasteiger partial charge in [-0.25, -0.2) is 4.68 Å². The number of amides is 1. The maximum atomic E-state index is 13.6. The molecule has 2 aromatic heterocycles. The highest BCUT2D eigenvalue weighted by molar-refractivity contribution is 6.07. The molecular formula is C26H26N4O4. The lowest BCUT2D eigenvalue weighted by molar-refractivity contribution is -0.187. The van der Waals surface area contributed by atoms with E-state index in [1.54, 1.807) is 11.1 Å². The van der Waals surface area contributed by atoms with E-state index in [0.29, 0.717) is 51.2 Å². The molecule has 0 atom stereocenters. The second kappa shape index (κ2) is 8.38. The van der Waals surface area contributed by atoms with Crippen molar-refractivity contribution in [1.29, 1.82) is 0 Å². The topological polar surface area (TPSA) is 78.6 Å². The summed E-state index contributed by atoms with van der Waals surface area (Å²) in [5.74, 6) is -0.657. The van der Waals surface area contributed by atoms with E-state index in [2.05, 4.69) is 5.10 Å². The molecule has 8 nitrogen and oxygen atoms in total. The Morgan fingerprint density at radius 2 is 1.65 bits per heavy atom. The summed E-state index contributed by atoms with van der Waals surface area (Å²) in [4.78, 5) is 28.4. The van der Waals surface area contributed by atoms with Crippen molar-refractivity contribution in [2.75, 3.05) is 26.3 Å². The summed E-state index contributed by atoms with van der Waals surface area (Å²) in [7, 11) is 0. The predicted molar refractivity (Wildman–Crippen MR) is 127 cm³/mol. The van der Waals surface area contributed by atoms with Gasteiger partial charge in [-0.15, -0.1) is 0 Å². The Morgan fingerprint density at radius 1 is 0.941 bits per heavy atom. The van der Waals surface area contributed by atoms with Crippen molar-refractivity contribution in [3.8, 4) is 0 Å². The minimum atomic E-state index is -0.539. The van der Waals surface area contributed by atoms with Crippen LogP contribution in [0.1, 0.15) is 18.4 Å². The lowest BCUT2D eigenvalue weighted by Gasteiger charge is -2.37. The third-order valence-corrected chi connectivity index (χ3v) is 6.93. The first-order chi connectivity index (χ1) is 16.6. The molecule has 4 aromatic rings. The molecule has 174 valence electrons. The largest absolute Gasteiger partial charge is 0.347 e. The molecule has 2 aliphatic rings. The molecule has 2 aromatic carbocycles. The van der Waals surface area contributed by atoms with Crippen molar-refractivity contribution in [3.63, 3.8) is 0 Å². The van der Waals surface area contributed by atoms with Gasteiger partial charge >= 0.3 is 0 Å². The average molecular weight is 459 g/mol. The number of para-hydroxylation sites is 1. The number of carbonyl (C=O) groups is 1. The number of likely N-dealkylation sites (tertiary alicyclic amines) is 1. The Hall–Kier alpha value is -3.49. The molecule has 0 radical (unpaired) electrons. The number of ether oxygens (including phenoxy) is 2. The van der Waals surface area contributed by atoms with Gasteiger partial charge < -0.3 is 18.9 Å². The van der Waals surface area contributed by atoms with Crippen molar-refractivity contribution < 1.29 is 14.3 Å². The van der Waals surface area contributed by atoms with E-state index in [4.69, 9.17) is 9.47 Å². The molecular weight excluding hydrogens is 432 g/mol. The van der Waals surface area contributed by atoms with Gasteiger partial charge in [0, 0.05) is 48.8 Å². The van der Waals surface area contributed by atoms with Gasteiger partial charge in [-0.05, 0) is 11.6 Å². The Kier molecular flexibility index (Phi) is 5.19. The van der Waals surface area contributed by atoms with Gasteiger partial charge in [0.25, 0.3) is 5.56 Å². The fourth-order valence-corrected chi connectivity index (χ4v) is 5.15. The second-order valence-electron chi connectivity index (χ2n) is 8.95. The van der Waals surface area contributed by atoms with Gasteiger partial charge in [-0.3, -0.25) is 9.59 Å². The van der Waals surface area contributed by atoms with Gasteiger partial charge in [-0.2, -0.15) is 5.10 Å². The van der Waals surface area contributed by atoms with Crippen molar-refractivity contribution >= 4 is 27.7 Å². The molecule has 2 fully saturated rings. The number of hydrogen-bond donors (Lipinski definition) is 0. The molecule has 34 heavy (non-hydrogen) atoms. The molecule has 1 amide bonds. The molecule has 0 bridgehead atoms. The molecule has 0 N–H and O–H groups in total. The third kappa shape index (κ3) is 3.59. The van der Waals surface area contributed by atoms with Gasteiger partial charge in [0.2, 0.25) is 5.91 Å². The highest BCUT2D eigenvalue weighted by Gasteiger charge is 2.40. The molecule has 0 unspecified atom stereocenters. The number of fused-ring (bicyclic) bond motifs is 3. The first kappa shape index (κ1) is 21.1. The standard InChI is InChI=1S/C26H26N4O4/c31-23(28-12-10-26(11-13-28)33-14-15-34-26)18-30-25(32)24-21(16-27-30)20-8-4-5-9-22(20)29(24)17-19-6-2-1-3-7-19/h1-9,16H,10-15,17-18H2. The Labute approximate surface area is 196 Å². The summed E-state index contributed by atoms with van der Waals surface area (Å²) in [6.45, 7) is 2.77. The fraction of sp³-hybridized carbons (Fsp3) is 0.346. The zero-order chi connectivity index (χ0) is 23.1. The number of rotatable bonds is 4. The summed E-state index contributed by atoms with van der Waals surface area (Å²) < 4.78 is 14.8. The van der Waals surface area contributed by atoms with E-state index < -0.39 is 5.79 Å². The van der Waals surface area contributed by atoms with Crippen LogP contribution in [0.5, 0.6) is 0 Å². The molecule has 0 saturated carbocycles. The summed E-state index contributed by atoms with van der Waals surface area (Å²) >= 11 is 0. The van der Waals surface area contributed by atoms with E-state index >= 15 is 0 Å². The minimum absolute atomic E-state index is 0.0870. The Bertz CT molecular complexity index is 1410. The monoisotopic (exact) mass is 458 g/mol. The number of hydrogen-bond acceptors (Lipinski definition) is 5. The van der Waals surface area contributed by atoms with Gasteiger partial charge in [-0.1, -0.05) is 48.5 Å². The van der Waals surface area contributed by atoms with E-state index in [1.165, 1.54) is 4.68 Å². The van der Waals surface area contributed by atoms with Gasteiger partial charge in [0.1, 0.15) is 12.1 Å². The maximum absolute atomic E-state index is 13.6. The number of nitrogens with zero attached hydrogens (tertiary/aromatic N) is 4. The number of aromatic nitrogens is 3. The summed E-state index contributed by atoms with van der Waals surface area (Å²) in [6.07, 6.45) is 3.00. The Balaban J connectivity index is 1.33. The van der Waals surface area contributed by atoms with E-state index in [0.717, 1.165) is 21.9 Å². The van der Waals surface area contributed by atoms with Crippen LogP contribution in [0.2, 0.25) is 0 Å². The lowest BCUT2D eigenvalue weighted by Crippen LogP contribution is -2.48. The van der Waals surface area contributed by atoms with E-state index in [-0.39, 0.29) is 18.0 Å². The van der Waals surface area contributed by atoms with Crippen LogP contribution in [-0.2, 0) is 27.4 Å². The maximum Gasteiger partial charge on any atom is 0.291 e. The number of benzene rings is 2. The number of piperidine rings is 1. The molecule has 6 rings (SSSR count).